The van der Waals surface area contributed by atoms with E-state index in [1.807, 2.05) is 0 Å². The average Bonchev–Trinajstić information content (AvgIpc) is 2.91. The fourth-order valence-electron chi connectivity index (χ4n) is 2.42. The van der Waals surface area contributed by atoms with Gasteiger partial charge in [0, 0.05) is 17.7 Å². The van der Waals surface area contributed by atoms with Crippen LogP contribution in [0.2, 0.25) is 5.15 Å². The topological polar surface area (TPSA) is 86.7 Å². The minimum absolute atomic E-state index is 0.0882. The predicted octanol–water partition coefficient (Wildman–Crippen LogP) is 3.72. The minimum Gasteiger partial charge on any atom is -0.619 e. The summed E-state index contributed by atoms with van der Waals surface area (Å²) in [6.45, 7) is 5.41. The first-order valence-corrected chi connectivity index (χ1v) is 9.19. The van der Waals surface area contributed by atoms with E-state index in [9.17, 15) is 10.0 Å². The van der Waals surface area contributed by atoms with Gasteiger partial charge in [-0.05, 0) is 42.8 Å². The number of carbonyl (C=O) groups is 1. The number of halogens is 2. The van der Waals surface area contributed by atoms with E-state index in [-0.39, 0.29) is 11.7 Å². The van der Waals surface area contributed by atoms with Gasteiger partial charge in [-0.25, -0.2) is 9.78 Å². The number of pyridine rings is 1. The summed E-state index contributed by atoms with van der Waals surface area (Å²) in [5.74, 6) is 0.367. The van der Waals surface area contributed by atoms with Gasteiger partial charge < -0.3 is 9.94 Å². The van der Waals surface area contributed by atoms with Crippen LogP contribution in [0.1, 0.15) is 26.3 Å². The van der Waals surface area contributed by atoms with Gasteiger partial charge in [0.05, 0.1) is 17.2 Å². The van der Waals surface area contributed by atoms with E-state index >= 15 is 0 Å². The van der Waals surface area contributed by atoms with E-state index in [1.165, 1.54) is 27.9 Å². The summed E-state index contributed by atoms with van der Waals surface area (Å²) >= 11 is 9.52. The molecule has 0 N–H and O–H groups in total. The number of amides is 1. The Hall–Kier alpha value is -2.39. The third-order valence-electron chi connectivity index (χ3n) is 3.45. The van der Waals surface area contributed by atoms with Gasteiger partial charge in [-0.2, -0.15) is 14.3 Å². The largest absolute Gasteiger partial charge is 0.619 e. The average molecular weight is 455 g/mol. The van der Waals surface area contributed by atoms with Gasteiger partial charge in [0.15, 0.2) is 18.0 Å². The molecular weight excluding hydrogens is 438 g/mol. The molecule has 3 aromatic heterocycles. The van der Waals surface area contributed by atoms with Crippen LogP contribution < -0.4 is 9.63 Å². The Morgan fingerprint density at radius 3 is 2.89 bits per heavy atom. The number of rotatable bonds is 3. The van der Waals surface area contributed by atoms with Crippen molar-refractivity contribution < 1.29 is 14.3 Å². The van der Waals surface area contributed by atoms with Crippen molar-refractivity contribution in [3.63, 3.8) is 0 Å². The van der Waals surface area contributed by atoms with E-state index in [1.54, 1.807) is 39.1 Å². The van der Waals surface area contributed by atoms with Crippen molar-refractivity contribution in [2.75, 3.05) is 4.90 Å². The van der Waals surface area contributed by atoms with Gasteiger partial charge in [-0.3, -0.25) is 4.90 Å². The summed E-state index contributed by atoms with van der Waals surface area (Å²) in [5.41, 5.74) is 0.370. The highest BCUT2D eigenvalue weighted by atomic mass is 79.9. The van der Waals surface area contributed by atoms with E-state index in [4.69, 9.17) is 16.3 Å². The summed E-state index contributed by atoms with van der Waals surface area (Å²) in [4.78, 5) is 18.5. The molecule has 0 saturated heterocycles. The molecule has 0 fully saturated rings. The molecule has 0 aliphatic carbocycles. The second-order valence-corrected chi connectivity index (χ2v) is 8.05. The van der Waals surface area contributed by atoms with Crippen LogP contribution in [0.3, 0.4) is 0 Å². The first kappa shape index (κ1) is 19.4. The zero-order valence-electron chi connectivity index (χ0n) is 14.9. The fraction of sp³-hybridized carbons (Fsp3) is 0.294. The van der Waals surface area contributed by atoms with Crippen LogP contribution in [0.25, 0.3) is 5.65 Å². The molecule has 1 amide bonds. The van der Waals surface area contributed by atoms with Crippen molar-refractivity contribution in [3.05, 3.63) is 57.2 Å². The number of hydrogen-bond donors (Lipinski definition) is 0. The standard InChI is InChI=1S/C17H17BrClN5O3/c1-17(2,3)27-16(25)23(10-11-5-4-6-22(26)9-11)14-7-13(19)21-15-12(18)8-20-24(14)15/h4-9H,10H2,1-3H3. The Balaban J connectivity index is 2.10. The first-order chi connectivity index (χ1) is 12.6. The minimum atomic E-state index is -0.703. The lowest BCUT2D eigenvalue weighted by Gasteiger charge is -2.27. The van der Waals surface area contributed by atoms with E-state index < -0.39 is 11.7 Å². The van der Waals surface area contributed by atoms with Crippen molar-refractivity contribution in [1.29, 1.82) is 0 Å². The molecule has 0 spiro atoms. The van der Waals surface area contributed by atoms with Crippen molar-refractivity contribution in [1.82, 2.24) is 14.6 Å². The van der Waals surface area contributed by atoms with E-state index in [2.05, 4.69) is 26.0 Å². The van der Waals surface area contributed by atoms with Crippen LogP contribution in [-0.2, 0) is 11.3 Å². The molecule has 27 heavy (non-hydrogen) atoms. The Bertz CT molecular complexity index is 1000. The maximum absolute atomic E-state index is 12.9. The molecule has 0 saturated carbocycles. The molecular formula is C17H17BrClN5O3. The van der Waals surface area contributed by atoms with Crippen LogP contribution >= 0.6 is 27.5 Å². The lowest BCUT2D eigenvalue weighted by atomic mass is 10.2. The van der Waals surface area contributed by atoms with E-state index in [0.29, 0.717) is 26.2 Å². The SMILES string of the molecule is CC(C)(C)OC(=O)N(Cc1ccc[n+]([O-])c1)c1cc(Cl)nc2c(Br)cnn12. The second-order valence-electron chi connectivity index (χ2n) is 6.80. The number of anilines is 1. The molecule has 3 heterocycles. The van der Waals surface area contributed by atoms with Crippen LogP contribution in [0.15, 0.2) is 41.3 Å². The summed E-state index contributed by atoms with van der Waals surface area (Å²) in [6.07, 6.45) is 3.71. The van der Waals surface area contributed by atoms with Crippen LogP contribution in [0, 0.1) is 5.21 Å². The number of nitrogens with zero attached hydrogens (tertiary/aromatic N) is 5. The molecule has 3 rings (SSSR count). The summed E-state index contributed by atoms with van der Waals surface area (Å²) in [7, 11) is 0. The third-order valence-corrected chi connectivity index (χ3v) is 4.20. The molecule has 0 aliphatic heterocycles. The van der Waals surface area contributed by atoms with Crippen LogP contribution in [0.4, 0.5) is 10.6 Å². The molecule has 0 unspecified atom stereocenters. The predicted molar refractivity (Wildman–Crippen MR) is 104 cm³/mol. The Labute approximate surface area is 169 Å². The molecule has 10 heteroatoms. The van der Waals surface area contributed by atoms with Gasteiger partial charge in [0.2, 0.25) is 0 Å². The van der Waals surface area contributed by atoms with Crippen LogP contribution in [-0.4, -0.2) is 26.3 Å². The monoisotopic (exact) mass is 453 g/mol. The maximum atomic E-state index is 12.9. The molecule has 0 aromatic carbocycles. The van der Waals surface area contributed by atoms with Crippen LogP contribution in [0.5, 0.6) is 0 Å². The highest BCUT2D eigenvalue weighted by molar-refractivity contribution is 9.10. The molecule has 0 aliphatic rings. The summed E-state index contributed by atoms with van der Waals surface area (Å²) in [5, 5.41) is 16.0. The number of fused-ring (bicyclic) bond motifs is 1. The number of hydrogen-bond acceptors (Lipinski definition) is 5. The highest BCUT2D eigenvalue weighted by Gasteiger charge is 2.27. The van der Waals surface area contributed by atoms with Gasteiger partial charge in [-0.15, -0.1) is 0 Å². The maximum Gasteiger partial charge on any atom is 0.416 e. The van der Waals surface area contributed by atoms with Crippen molar-refractivity contribution in [3.8, 4) is 0 Å². The second kappa shape index (κ2) is 7.32. The van der Waals surface area contributed by atoms with Crippen molar-refractivity contribution >= 4 is 45.1 Å². The van der Waals surface area contributed by atoms with Gasteiger partial charge in [0.1, 0.15) is 16.6 Å². The molecule has 0 radical (unpaired) electrons. The Morgan fingerprint density at radius 1 is 1.48 bits per heavy atom. The summed E-state index contributed by atoms with van der Waals surface area (Å²) < 4.78 is 8.32. The summed E-state index contributed by atoms with van der Waals surface area (Å²) in [6, 6.07) is 4.87. The number of ether oxygens (including phenoxy) is 1. The quantitative estimate of drug-likeness (QED) is 0.342. The third kappa shape index (κ3) is 4.48. The zero-order valence-corrected chi connectivity index (χ0v) is 17.2. The number of aromatic nitrogens is 4. The first-order valence-electron chi connectivity index (χ1n) is 8.02. The molecule has 0 atom stereocenters. The molecule has 8 nitrogen and oxygen atoms in total. The Morgan fingerprint density at radius 2 is 2.22 bits per heavy atom. The van der Waals surface area contributed by atoms with Gasteiger partial charge in [-0.1, -0.05) is 11.6 Å². The molecule has 142 valence electrons. The normalized spacial score (nSPS) is 11.6. The van der Waals surface area contributed by atoms with E-state index in [0.717, 1.165) is 0 Å². The number of carbonyl (C=O) groups excluding carboxylic acids is 1. The fourth-order valence-corrected chi connectivity index (χ4v) is 2.94. The van der Waals surface area contributed by atoms with Crippen molar-refractivity contribution in [2.45, 2.75) is 32.9 Å². The molecule has 3 aromatic rings. The zero-order chi connectivity index (χ0) is 19.8. The van der Waals surface area contributed by atoms with Crippen molar-refractivity contribution in [2.24, 2.45) is 0 Å². The van der Waals surface area contributed by atoms with Gasteiger partial charge in [0.25, 0.3) is 0 Å². The molecule has 0 bridgehead atoms. The smallest absolute Gasteiger partial charge is 0.416 e. The Kier molecular flexibility index (Phi) is 5.25. The van der Waals surface area contributed by atoms with Gasteiger partial charge >= 0.3 is 6.09 Å². The lowest BCUT2D eigenvalue weighted by molar-refractivity contribution is -0.605. The highest BCUT2D eigenvalue weighted by Crippen LogP contribution is 2.27. The lowest BCUT2D eigenvalue weighted by Crippen LogP contribution is -2.38.